The first-order chi connectivity index (χ1) is 8.08. The van der Waals surface area contributed by atoms with Gasteiger partial charge in [-0.1, -0.05) is 0 Å². The summed E-state index contributed by atoms with van der Waals surface area (Å²) in [4.78, 5) is 11.8. The third kappa shape index (κ3) is 1.68. The number of carbonyl (C=O) groups excluding carboxylic acids is 1. The average Bonchev–Trinajstić information content (AvgIpc) is 2.35. The molecule has 1 fully saturated rings. The van der Waals surface area contributed by atoms with Gasteiger partial charge in [0.05, 0.1) is 11.4 Å². The number of hydrogen-bond acceptors (Lipinski definition) is 2. The van der Waals surface area contributed by atoms with Crippen molar-refractivity contribution in [3.63, 3.8) is 0 Å². The van der Waals surface area contributed by atoms with Crippen LogP contribution >= 0.6 is 0 Å². The summed E-state index contributed by atoms with van der Waals surface area (Å²) in [7, 11) is 0. The molecular weight excluding hydrogens is 219 g/mol. The fraction of sp³-hybridized carbons (Fsp3) is 0.462. The lowest BCUT2D eigenvalue weighted by molar-refractivity contribution is -0.117. The molecule has 90 valence electrons. The Morgan fingerprint density at radius 3 is 2.71 bits per heavy atom. The van der Waals surface area contributed by atoms with Crippen LogP contribution in [0.25, 0.3) is 0 Å². The van der Waals surface area contributed by atoms with Gasteiger partial charge in [0.15, 0.2) is 0 Å². The summed E-state index contributed by atoms with van der Waals surface area (Å²) < 4.78 is 13.5. The molecule has 3 nitrogen and oxygen atoms in total. The Balaban J connectivity index is 2.05. The zero-order valence-corrected chi connectivity index (χ0v) is 9.77. The SMILES string of the molecule is Cc1cc2c(cc1F)NC(=O)CC1(CCC1)N2. The van der Waals surface area contributed by atoms with E-state index in [0.29, 0.717) is 17.7 Å². The second-order valence-electron chi connectivity index (χ2n) is 5.13. The molecule has 17 heavy (non-hydrogen) atoms. The molecule has 0 unspecified atom stereocenters. The summed E-state index contributed by atoms with van der Waals surface area (Å²) in [6.45, 7) is 1.73. The largest absolute Gasteiger partial charge is 0.377 e. The number of nitrogens with one attached hydrogen (secondary N) is 2. The first-order valence-corrected chi connectivity index (χ1v) is 5.96. The van der Waals surface area contributed by atoms with E-state index in [1.165, 1.54) is 6.07 Å². The lowest BCUT2D eigenvalue weighted by Gasteiger charge is -2.41. The molecule has 1 aliphatic carbocycles. The molecule has 0 aromatic heterocycles. The van der Waals surface area contributed by atoms with Crippen molar-refractivity contribution >= 4 is 17.3 Å². The molecule has 0 atom stereocenters. The van der Waals surface area contributed by atoms with Gasteiger partial charge in [-0.15, -0.1) is 0 Å². The molecule has 4 heteroatoms. The number of anilines is 2. The highest BCUT2D eigenvalue weighted by Gasteiger charge is 2.41. The van der Waals surface area contributed by atoms with Crippen LogP contribution in [0.15, 0.2) is 12.1 Å². The van der Waals surface area contributed by atoms with Crippen LogP contribution in [0.1, 0.15) is 31.2 Å². The molecule has 0 radical (unpaired) electrons. The third-order valence-corrected chi connectivity index (χ3v) is 3.78. The van der Waals surface area contributed by atoms with Crippen molar-refractivity contribution in [3.05, 3.63) is 23.5 Å². The second-order valence-corrected chi connectivity index (χ2v) is 5.13. The zero-order valence-electron chi connectivity index (χ0n) is 9.77. The van der Waals surface area contributed by atoms with E-state index >= 15 is 0 Å². The fourth-order valence-corrected chi connectivity index (χ4v) is 2.63. The Hall–Kier alpha value is -1.58. The van der Waals surface area contributed by atoms with Crippen LogP contribution < -0.4 is 10.6 Å². The predicted molar refractivity (Wildman–Crippen MR) is 64.6 cm³/mol. The molecule has 1 amide bonds. The van der Waals surface area contributed by atoms with Crippen molar-refractivity contribution in [2.45, 2.75) is 38.1 Å². The van der Waals surface area contributed by atoms with Crippen molar-refractivity contribution in [2.24, 2.45) is 0 Å². The average molecular weight is 234 g/mol. The number of halogens is 1. The van der Waals surface area contributed by atoms with Crippen LogP contribution in [0.5, 0.6) is 0 Å². The molecule has 2 aliphatic rings. The highest BCUT2D eigenvalue weighted by Crippen LogP contribution is 2.42. The molecule has 1 heterocycles. The Bertz CT molecular complexity index is 494. The van der Waals surface area contributed by atoms with Crippen LogP contribution in [0.2, 0.25) is 0 Å². The molecule has 1 spiro atoms. The molecule has 1 aliphatic heterocycles. The van der Waals surface area contributed by atoms with E-state index in [2.05, 4.69) is 10.6 Å². The summed E-state index contributed by atoms with van der Waals surface area (Å²) in [5, 5.41) is 6.19. The standard InChI is InChI=1S/C13H15FN2O/c1-8-5-11-10(6-9(8)14)15-12(17)7-13(16-11)3-2-4-13/h5-6,16H,2-4,7H2,1H3,(H,15,17). The molecule has 2 N–H and O–H groups in total. The van der Waals surface area contributed by atoms with Gasteiger partial charge in [-0.25, -0.2) is 4.39 Å². The lowest BCUT2D eigenvalue weighted by Crippen LogP contribution is -2.46. The summed E-state index contributed by atoms with van der Waals surface area (Å²) in [6.07, 6.45) is 3.64. The molecule has 0 saturated heterocycles. The number of fused-ring (bicyclic) bond motifs is 1. The van der Waals surface area contributed by atoms with Gasteiger partial charge in [0.25, 0.3) is 0 Å². The number of rotatable bonds is 0. The summed E-state index contributed by atoms with van der Waals surface area (Å²) >= 11 is 0. The van der Waals surface area contributed by atoms with Gasteiger partial charge in [-0.2, -0.15) is 0 Å². The number of benzene rings is 1. The van der Waals surface area contributed by atoms with Gasteiger partial charge in [-0.05, 0) is 43.9 Å². The van der Waals surface area contributed by atoms with Gasteiger partial charge in [0.2, 0.25) is 5.91 Å². The minimum absolute atomic E-state index is 0.0285. The van der Waals surface area contributed by atoms with E-state index in [-0.39, 0.29) is 17.3 Å². The van der Waals surface area contributed by atoms with Gasteiger partial charge >= 0.3 is 0 Å². The number of carbonyl (C=O) groups is 1. The molecule has 1 aromatic carbocycles. The minimum atomic E-state index is -0.282. The van der Waals surface area contributed by atoms with Crippen LogP contribution in [-0.2, 0) is 4.79 Å². The maximum Gasteiger partial charge on any atom is 0.226 e. The normalized spacial score (nSPS) is 20.9. The van der Waals surface area contributed by atoms with Gasteiger partial charge < -0.3 is 10.6 Å². The van der Waals surface area contributed by atoms with Crippen molar-refractivity contribution < 1.29 is 9.18 Å². The van der Waals surface area contributed by atoms with Crippen molar-refractivity contribution in [1.82, 2.24) is 0 Å². The highest BCUT2D eigenvalue weighted by atomic mass is 19.1. The van der Waals surface area contributed by atoms with E-state index in [1.807, 2.05) is 0 Å². The third-order valence-electron chi connectivity index (χ3n) is 3.78. The van der Waals surface area contributed by atoms with Gasteiger partial charge in [0, 0.05) is 12.0 Å². The lowest BCUT2D eigenvalue weighted by atomic mass is 9.74. The number of hydrogen-bond donors (Lipinski definition) is 2. The van der Waals surface area contributed by atoms with E-state index in [9.17, 15) is 9.18 Å². The smallest absolute Gasteiger partial charge is 0.226 e. The highest BCUT2D eigenvalue weighted by molar-refractivity contribution is 5.97. The number of aryl methyl sites for hydroxylation is 1. The van der Waals surface area contributed by atoms with Crippen LogP contribution in [-0.4, -0.2) is 11.4 Å². The van der Waals surface area contributed by atoms with Gasteiger partial charge in [-0.3, -0.25) is 4.79 Å². The van der Waals surface area contributed by atoms with Crippen molar-refractivity contribution in [1.29, 1.82) is 0 Å². The van der Waals surface area contributed by atoms with Crippen LogP contribution in [0.3, 0.4) is 0 Å². The topological polar surface area (TPSA) is 41.1 Å². The minimum Gasteiger partial charge on any atom is -0.377 e. The summed E-state index contributed by atoms with van der Waals surface area (Å²) in [5.74, 6) is -0.311. The summed E-state index contributed by atoms with van der Waals surface area (Å²) in [6, 6.07) is 3.17. The Kier molecular flexibility index (Phi) is 2.15. The molecule has 1 saturated carbocycles. The summed E-state index contributed by atoms with van der Waals surface area (Å²) in [5.41, 5.74) is 1.90. The molecule has 1 aromatic rings. The Morgan fingerprint density at radius 1 is 1.29 bits per heavy atom. The van der Waals surface area contributed by atoms with Crippen molar-refractivity contribution in [2.75, 3.05) is 10.6 Å². The molecule has 3 rings (SSSR count). The van der Waals surface area contributed by atoms with E-state index < -0.39 is 0 Å². The maximum atomic E-state index is 13.5. The molecule has 0 bridgehead atoms. The van der Waals surface area contributed by atoms with Crippen LogP contribution in [0, 0.1) is 12.7 Å². The predicted octanol–water partition coefficient (Wildman–Crippen LogP) is 2.81. The van der Waals surface area contributed by atoms with E-state index in [1.54, 1.807) is 13.0 Å². The monoisotopic (exact) mass is 234 g/mol. The van der Waals surface area contributed by atoms with E-state index in [0.717, 1.165) is 24.9 Å². The quantitative estimate of drug-likeness (QED) is 0.724. The first kappa shape index (κ1) is 10.6. The maximum absolute atomic E-state index is 13.5. The Labute approximate surface area is 99.4 Å². The number of amides is 1. The first-order valence-electron chi connectivity index (χ1n) is 5.96. The fourth-order valence-electron chi connectivity index (χ4n) is 2.63. The molecular formula is C13H15FN2O. The van der Waals surface area contributed by atoms with Gasteiger partial charge in [0.1, 0.15) is 5.82 Å². The Morgan fingerprint density at radius 2 is 2.06 bits per heavy atom. The van der Waals surface area contributed by atoms with Crippen LogP contribution in [0.4, 0.5) is 15.8 Å². The zero-order chi connectivity index (χ0) is 12.0. The van der Waals surface area contributed by atoms with Crippen molar-refractivity contribution in [3.8, 4) is 0 Å². The second kappa shape index (κ2) is 3.45. The van der Waals surface area contributed by atoms with E-state index in [4.69, 9.17) is 0 Å².